The van der Waals surface area contributed by atoms with E-state index in [4.69, 9.17) is 4.74 Å². The molecule has 0 saturated heterocycles. The van der Waals surface area contributed by atoms with Crippen molar-refractivity contribution in [3.05, 3.63) is 23.8 Å². The van der Waals surface area contributed by atoms with Crippen LogP contribution >= 0.6 is 0 Å². The summed E-state index contributed by atoms with van der Waals surface area (Å²) < 4.78 is 5.54. The van der Waals surface area contributed by atoms with Crippen LogP contribution in [-0.2, 0) is 4.79 Å². The summed E-state index contributed by atoms with van der Waals surface area (Å²) in [7, 11) is 1.90. The highest BCUT2D eigenvalue weighted by molar-refractivity contribution is 5.78. The molecule has 1 aliphatic rings. The second-order valence-corrected chi connectivity index (χ2v) is 4.81. The number of fused-ring (bicyclic) bond motifs is 1. The maximum absolute atomic E-state index is 11.7. The minimum absolute atomic E-state index is 0.0246. The maximum Gasteiger partial charge on any atom is 0.234 e. The highest BCUT2D eigenvalue weighted by atomic mass is 16.5. The van der Waals surface area contributed by atoms with Crippen molar-refractivity contribution in [1.29, 1.82) is 0 Å². The first-order valence-corrected chi connectivity index (χ1v) is 6.54. The van der Waals surface area contributed by atoms with Crippen LogP contribution in [0.1, 0.15) is 24.9 Å². The molecular formula is C14H20N2O3. The van der Waals surface area contributed by atoms with E-state index in [0.717, 1.165) is 12.0 Å². The first-order chi connectivity index (χ1) is 9.11. The molecule has 2 N–H and O–H groups in total. The van der Waals surface area contributed by atoms with Crippen molar-refractivity contribution in [3.8, 4) is 11.5 Å². The fraction of sp³-hybridized carbons (Fsp3) is 0.500. The number of amides is 1. The van der Waals surface area contributed by atoms with E-state index in [0.29, 0.717) is 25.4 Å². The number of carbonyl (C=O) groups is 1. The molecule has 0 bridgehead atoms. The van der Waals surface area contributed by atoms with Gasteiger partial charge in [-0.2, -0.15) is 0 Å². The lowest BCUT2D eigenvalue weighted by Crippen LogP contribution is -2.37. The molecule has 1 unspecified atom stereocenters. The molecule has 0 fully saturated rings. The number of ether oxygens (including phenoxy) is 1. The molecule has 0 aliphatic carbocycles. The van der Waals surface area contributed by atoms with E-state index < -0.39 is 0 Å². The number of hydrogen-bond acceptors (Lipinski definition) is 4. The van der Waals surface area contributed by atoms with Gasteiger partial charge in [0.25, 0.3) is 0 Å². The Bertz CT molecular complexity index is 462. The molecule has 0 aromatic heterocycles. The number of benzene rings is 1. The van der Waals surface area contributed by atoms with Gasteiger partial charge < -0.3 is 15.2 Å². The second kappa shape index (κ2) is 5.93. The van der Waals surface area contributed by atoms with Crippen LogP contribution < -0.4 is 10.1 Å². The van der Waals surface area contributed by atoms with Gasteiger partial charge in [0.2, 0.25) is 5.91 Å². The summed E-state index contributed by atoms with van der Waals surface area (Å²) in [5, 5.41) is 12.3. The van der Waals surface area contributed by atoms with Gasteiger partial charge in [-0.15, -0.1) is 0 Å². The number of aromatic hydroxyl groups is 1. The van der Waals surface area contributed by atoms with Gasteiger partial charge in [-0.1, -0.05) is 6.92 Å². The zero-order valence-electron chi connectivity index (χ0n) is 11.3. The van der Waals surface area contributed by atoms with Gasteiger partial charge in [-0.05, 0) is 25.6 Å². The van der Waals surface area contributed by atoms with Gasteiger partial charge in [0.05, 0.1) is 12.6 Å². The monoisotopic (exact) mass is 264 g/mol. The Labute approximate surface area is 113 Å². The molecule has 19 heavy (non-hydrogen) atoms. The molecule has 1 aromatic carbocycles. The van der Waals surface area contributed by atoms with Crippen LogP contribution in [0, 0.1) is 0 Å². The Kier molecular flexibility index (Phi) is 4.27. The predicted octanol–water partition coefficient (Wildman–Crippen LogP) is 1.28. The average Bonchev–Trinajstić information content (AvgIpc) is 2.79. The molecule has 5 nitrogen and oxygen atoms in total. The third kappa shape index (κ3) is 3.17. The van der Waals surface area contributed by atoms with Crippen molar-refractivity contribution >= 4 is 5.91 Å². The Hall–Kier alpha value is -1.75. The van der Waals surface area contributed by atoms with Crippen LogP contribution in [0.3, 0.4) is 0 Å². The lowest BCUT2D eigenvalue weighted by molar-refractivity contribution is -0.122. The van der Waals surface area contributed by atoms with Crippen molar-refractivity contribution in [3.63, 3.8) is 0 Å². The number of phenolic OH excluding ortho intramolecular Hbond substituents is 1. The molecule has 0 radical (unpaired) electrons. The van der Waals surface area contributed by atoms with E-state index in [1.54, 1.807) is 12.1 Å². The zero-order valence-corrected chi connectivity index (χ0v) is 11.3. The lowest BCUT2D eigenvalue weighted by atomic mass is 10.1. The molecule has 1 aliphatic heterocycles. The number of hydrogen-bond donors (Lipinski definition) is 2. The smallest absolute Gasteiger partial charge is 0.234 e. The van der Waals surface area contributed by atoms with E-state index in [2.05, 4.69) is 5.32 Å². The van der Waals surface area contributed by atoms with Crippen LogP contribution in [0.25, 0.3) is 0 Å². The van der Waals surface area contributed by atoms with Crippen molar-refractivity contribution in [2.75, 3.05) is 26.7 Å². The summed E-state index contributed by atoms with van der Waals surface area (Å²) in [6, 6.07) is 5.16. The minimum atomic E-state index is 0.0246. The summed E-state index contributed by atoms with van der Waals surface area (Å²) in [4.78, 5) is 13.7. The first kappa shape index (κ1) is 13.7. The highest BCUT2D eigenvalue weighted by Crippen LogP contribution is 2.37. The standard InChI is InChI=1S/C14H20N2O3/c1-3-6-15-14(18)8-16(2)12-9-19-13-7-10(17)4-5-11(12)13/h4-5,7,12,17H,3,6,8-9H2,1-2H3,(H,15,18). The quantitative estimate of drug-likeness (QED) is 0.841. The van der Waals surface area contributed by atoms with Gasteiger partial charge >= 0.3 is 0 Å². The number of phenols is 1. The topological polar surface area (TPSA) is 61.8 Å². The van der Waals surface area contributed by atoms with Gasteiger partial charge in [-0.3, -0.25) is 9.69 Å². The largest absolute Gasteiger partial charge is 0.508 e. The number of nitrogens with zero attached hydrogens (tertiary/aromatic N) is 1. The number of rotatable bonds is 5. The van der Waals surface area contributed by atoms with Crippen LogP contribution in [-0.4, -0.2) is 42.7 Å². The third-order valence-electron chi connectivity index (χ3n) is 3.25. The molecule has 0 spiro atoms. The van der Waals surface area contributed by atoms with E-state index in [1.165, 1.54) is 0 Å². The predicted molar refractivity (Wildman–Crippen MR) is 72.3 cm³/mol. The molecular weight excluding hydrogens is 244 g/mol. The summed E-state index contributed by atoms with van der Waals surface area (Å²) >= 11 is 0. The molecule has 1 heterocycles. The van der Waals surface area contributed by atoms with Crippen LogP contribution in [0.5, 0.6) is 11.5 Å². The van der Waals surface area contributed by atoms with E-state index in [1.807, 2.05) is 24.9 Å². The second-order valence-electron chi connectivity index (χ2n) is 4.81. The number of nitrogens with one attached hydrogen (secondary N) is 1. The van der Waals surface area contributed by atoms with Gasteiger partial charge in [-0.25, -0.2) is 0 Å². The first-order valence-electron chi connectivity index (χ1n) is 6.54. The summed E-state index contributed by atoms with van der Waals surface area (Å²) in [5.74, 6) is 0.921. The highest BCUT2D eigenvalue weighted by Gasteiger charge is 2.28. The SMILES string of the molecule is CCCNC(=O)CN(C)C1COc2cc(O)ccc21. The fourth-order valence-corrected chi connectivity index (χ4v) is 2.20. The molecule has 1 aromatic rings. The lowest BCUT2D eigenvalue weighted by Gasteiger charge is -2.22. The van der Waals surface area contributed by atoms with E-state index in [-0.39, 0.29) is 17.7 Å². The maximum atomic E-state index is 11.7. The molecule has 1 atom stereocenters. The van der Waals surface area contributed by atoms with Crippen LogP contribution in [0.2, 0.25) is 0 Å². The molecule has 2 rings (SSSR count). The van der Waals surface area contributed by atoms with Crippen molar-refractivity contribution in [1.82, 2.24) is 10.2 Å². The number of likely N-dealkylation sites (N-methyl/N-ethyl adjacent to an activating group) is 1. The fourth-order valence-electron chi connectivity index (χ4n) is 2.20. The molecule has 104 valence electrons. The van der Waals surface area contributed by atoms with Crippen molar-refractivity contribution in [2.45, 2.75) is 19.4 Å². The van der Waals surface area contributed by atoms with Gasteiger partial charge in [0, 0.05) is 18.2 Å². The normalized spacial score (nSPS) is 17.1. The Morgan fingerprint density at radius 1 is 1.58 bits per heavy atom. The molecule has 0 saturated carbocycles. The zero-order chi connectivity index (χ0) is 13.8. The van der Waals surface area contributed by atoms with E-state index >= 15 is 0 Å². The average molecular weight is 264 g/mol. The minimum Gasteiger partial charge on any atom is -0.508 e. The van der Waals surface area contributed by atoms with Gasteiger partial charge in [0.15, 0.2) is 0 Å². The molecule has 1 amide bonds. The summed E-state index contributed by atoms with van der Waals surface area (Å²) in [6.45, 7) is 3.58. The summed E-state index contributed by atoms with van der Waals surface area (Å²) in [5.41, 5.74) is 1.02. The van der Waals surface area contributed by atoms with Gasteiger partial charge in [0.1, 0.15) is 18.1 Å². The van der Waals surface area contributed by atoms with Crippen molar-refractivity contribution in [2.24, 2.45) is 0 Å². The molecule has 5 heteroatoms. The van der Waals surface area contributed by atoms with Crippen LogP contribution in [0.15, 0.2) is 18.2 Å². The third-order valence-corrected chi connectivity index (χ3v) is 3.25. The number of carbonyl (C=O) groups excluding carboxylic acids is 1. The van der Waals surface area contributed by atoms with Crippen LogP contribution in [0.4, 0.5) is 0 Å². The summed E-state index contributed by atoms with van der Waals surface area (Å²) in [6.07, 6.45) is 0.935. The van der Waals surface area contributed by atoms with E-state index in [9.17, 15) is 9.90 Å². The van der Waals surface area contributed by atoms with Crippen molar-refractivity contribution < 1.29 is 14.6 Å². The Balaban J connectivity index is 1.99. The Morgan fingerprint density at radius 2 is 2.37 bits per heavy atom. The Morgan fingerprint density at radius 3 is 3.11 bits per heavy atom.